The zero-order chi connectivity index (χ0) is 17.0. The number of hydrogen-bond acceptors (Lipinski definition) is 4. The molecule has 0 fully saturated rings. The molecule has 0 saturated heterocycles. The van der Waals surface area contributed by atoms with Crippen LogP contribution in [0.1, 0.15) is 6.92 Å². The number of halogens is 1. The lowest BCUT2D eigenvalue weighted by Crippen LogP contribution is -2.42. The summed E-state index contributed by atoms with van der Waals surface area (Å²) >= 11 is 5.97. The summed E-state index contributed by atoms with van der Waals surface area (Å²) in [5, 5.41) is 3.38. The summed E-state index contributed by atoms with van der Waals surface area (Å²) in [6, 6.07) is 4.66. The molecule has 2 aromatic rings. The van der Waals surface area contributed by atoms with Gasteiger partial charge >= 0.3 is 5.69 Å². The molecule has 1 amide bonds. The number of amides is 1. The molecule has 0 radical (unpaired) electrons. The maximum atomic E-state index is 12.5. The number of aromatic nitrogens is 2. The number of nitrogens with one attached hydrogen (secondary N) is 1. The smallest absolute Gasteiger partial charge is 0.331 e. The van der Waals surface area contributed by atoms with Crippen molar-refractivity contribution >= 4 is 28.4 Å². The fourth-order valence-electron chi connectivity index (χ4n) is 2.31. The highest BCUT2D eigenvalue weighted by Gasteiger charge is 2.14. The molecular formula is C15H18ClN3O4. The van der Waals surface area contributed by atoms with Crippen LogP contribution >= 0.6 is 11.6 Å². The Labute approximate surface area is 137 Å². The number of fused-ring (bicyclic) bond motifs is 1. The summed E-state index contributed by atoms with van der Waals surface area (Å²) in [4.78, 5) is 36.8. The van der Waals surface area contributed by atoms with Crippen molar-refractivity contribution in [1.29, 1.82) is 0 Å². The van der Waals surface area contributed by atoms with E-state index in [9.17, 15) is 14.4 Å². The van der Waals surface area contributed by atoms with E-state index in [1.54, 1.807) is 19.1 Å². The number of nitrogens with zero attached hydrogens (tertiary/aromatic N) is 2. The van der Waals surface area contributed by atoms with Gasteiger partial charge in [0.1, 0.15) is 6.54 Å². The second kappa shape index (κ2) is 7.43. The van der Waals surface area contributed by atoms with Gasteiger partial charge < -0.3 is 10.1 Å². The molecule has 0 spiro atoms. The molecule has 8 heteroatoms. The first kappa shape index (κ1) is 17.2. The maximum absolute atomic E-state index is 12.5. The fourth-order valence-corrected chi connectivity index (χ4v) is 2.48. The molecule has 0 saturated carbocycles. The minimum Gasteiger partial charge on any atom is -0.383 e. The summed E-state index contributed by atoms with van der Waals surface area (Å²) in [5.74, 6) is -0.341. The van der Waals surface area contributed by atoms with Crippen LogP contribution in [-0.2, 0) is 22.6 Å². The highest BCUT2D eigenvalue weighted by molar-refractivity contribution is 6.31. The van der Waals surface area contributed by atoms with E-state index in [1.807, 2.05) is 0 Å². The van der Waals surface area contributed by atoms with Gasteiger partial charge in [0.2, 0.25) is 5.91 Å². The minimum absolute atomic E-state index is 0.195. The Balaban J connectivity index is 2.53. The third-order valence-corrected chi connectivity index (χ3v) is 3.67. The molecule has 1 heterocycles. The van der Waals surface area contributed by atoms with Crippen LogP contribution < -0.4 is 16.6 Å². The van der Waals surface area contributed by atoms with E-state index in [1.165, 1.54) is 17.7 Å². The van der Waals surface area contributed by atoms with Crippen LogP contribution in [0.3, 0.4) is 0 Å². The van der Waals surface area contributed by atoms with Crippen LogP contribution in [0.4, 0.5) is 0 Å². The lowest BCUT2D eigenvalue weighted by Gasteiger charge is -2.13. The molecule has 23 heavy (non-hydrogen) atoms. The Bertz CT molecular complexity index is 841. The van der Waals surface area contributed by atoms with E-state index in [0.717, 1.165) is 4.57 Å². The van der Waals surface area contributed by atoms with Gasteiger partial charge in [-0.25, -0.2) is 4.79 Å². The van der Waals surface area contributed by atoms with Gasteiger partial charge in [0.15, 0.2) is 0 Å². The van der Waals surface area contributed by atoms with Crippen molar-refractivity contribution < 1.29 is 9.53 Å². The Morgan fingerprint density at radius 3 is 2.70 bits per heavy atom. The molecule has 0 bridgehead atoms. The molecule has 0 aliphatic heterocycles. The molecule has 1 aromatic heterocycles. The van der Waals surface area contributed by atoms with Crippen molar-refractivity contribution in [2.75, 3.05) is 20.3 Å². The zero-order valence-electron chi connectivity index (χ0n) is 13.0. The second-order valence-electron chi connectivity index (χ2n) is 4.92. The van der Waals surface area contributed by atoms with Crippen molar-refractivity contribution in [3.05, 3.63) is 44.1 Å². The molecule has 0 atom stereocenters. The third-order valence-electron chi connectivity index (χ3n) is 3.43. The highest BCUT2D eigenvalue weighted by atomic mass is 35.5. The third kappa shape index (κ3) is 3.62. The van der Waals surface area contributed by atoms with Gasteiger partial charge in [-0.1, -0.05) is 11.6 Å². The van der Waals surface area contributed by atoms with E-state index in [-0.39, 0.29) is 24.6 Å². The molecule has 0 unspecified atom stereocenters. The van der Waals surface area contributed by atoms with Crippen molar-refractivity contribution in [2.45, 2.75) is 20.0 Å². The first-order valence-electron chi connectivity index (χ1n) is 7.18. The Kier molecular flexibility index (Phi) is 5.57. The number of methoxy groups -OCH3 is 1. The first-order valence-corrected chi connectivity index (χ1v) is 7.56. The molecule has 124 valence electrons. The number of hydrogen-bond donors (Lipinski definition) is 1. The van der Waals surface area contributed by atoms with E-state index in [4.69, 9.17) is 16.3 Å². The van der Waals surface area contributed by atoms with Gasteiger partial charge in [-0.05, 0) is 25.1 Å². The maximum Gasteiger partial charge on any atom is 0.331 e. The average molecular weight is 340 g/mol. The van der Waals surface area contributed by atoms with Crippen molar-refractivity contribution in [2.24, 2.45) is 0 Å². The summed E-state index contributed by atoms with van der Waals surface area (Å²) in [6.07, 6.45) is 0. The number of benzene rings is 1. The molecule has 1 N–H and O–H groups in total. The van der Waals surface area contributed by atoms with Gasteiger partial charge in [-0.3, -0.25) is 18.7 Å². The zero-order valence-corrected chi connectivity index (χ0v) is 13.7. The summed E-state index contributed by atoms with van der Waals surface area (Å²) < 4.78 is 7.21. The van der Waals surface area contributed by atoms with Crippen LogP contribution in [0.2, 0.25) is 5.02 Å². The minimum atomic E-state index is -0.533. The number of rotatable bonds is 6. The topological polar surface area (TPSA) is 82.3 Å². The molecular weight excluding hydrogens is 322 g/mol. The van der Waals surface area contributed by atoms with Crippen molar-refractivity contribution in [3.8, 4) is 0 Å². The summed E-state index contributed by atoms with van der Waals surface area (Å²) in [5.41, 5.74) is -0.576. The summed E-state index contributed by atoms with van der Waals surface area (Å²) in [7, 11) is 1.53. The molecule has 0 aliphatic carbocycles. The van der Waals surface area contributed by atoms with Gasteiger partial charge in [0, 0.05) is 25.2 Å². The number of ether oxygens (including phenoxy) is 1. The van der Waals surface area contributed by atoms with E-state index in [0.29, 0.717) is 29.1 Å². The van der Waals surface area contributed by atoms with Gasteiger partial charge in [0.05, 0.1) is 17.5 Å². The van der Waals surface area contributed by atoms with Crippen LogP contribution in [0, 0.1) is 0 Å². The normalized spacial score (nSPS) is 10.9. The highest BCUT2D eigenvalue weighted by Crippen LogP contribution is 2.15. The standard InChI is InChI=1S/C15H18ClN3O4/c1-3-18-14(21)11-5-4-10(16)8-12(11)19(15(18)22)9-13(20)17-6-7-23-2/h4-5,8H,3,6-7,9H2,1-2H3,(H,17,20). The quantitative estimate of drug-likeness (QED) is 0.781. The Morgan fingerprint density at radius 1 is 1.30 bits per heavy atom. The average Bonchev–Trinajstić information content (AvgIpc) is 2.52. The Hall–Kier alpha value is -2.12. The second-order valence-corrected chi connectivity index (χ2v) is 5.36. The summed E-state index contributed by atoms with van der Waals surface area (Å²) in [6.45, 7) is 2.45. The lowest BCUT2D eigenvalue weighted by atomic mass is 10.2. The van der Waals surface area contributed by atoms with Crippen LogP contribution in [0.25, 0.3) is 10.9 Å². The predicted octanol–water partition coefficient (Wildman–Crippen LogP) is 0.599. The Morgan fingerprint density at radius 2 is 2.04 bits per heavy atom. The monoisotopic (exact) mass is 339 g/mol. The van der Waals surface area contributed by atoms with Crippen LogP contribution in [0.5, 0.6) is 0 Å². The van der Waals surface area contributed by atoms with E-state index in [2.05, 4.69) is 5.32 Å². The molecule has 1 aromatic carbocycles. The first-order chi connectivity index (χ1) is 11.0. The number of carbonyl (C=O) groups is 1. The predicted molar refractivity (Wildman–Crippen MR) is 88.0 cm³/mol. The van der Waals surface area contributed by atoms with Crippen LogP contribution in [-0.4, -0.2) is 35.3 Å². The molecule has 0 aliphatic rings. The van der Waals surface area contributed by atoms with Gasteiger partial charge in [-0.2, -0.15) is 0 Å². The molecule has 7 nitrogen and oxygen atoms in total. The van der Waals surface area contributed by atoms with Gasteiger partial charge in [-0.15, -0.1) is 0 Å². The SMILES string of the molecule is CCn1c(=O)c2ccc(Cl)cc2n(CC(=O)NCCOC)c1=O. The van der Waals surface area contributed by atoms with E-state index >= 15 is 0 Å². The number of carbonyl (C=O) groups excluding carboxylic acids is 1. The van der Waals surface area contributed by atoms with Gasteiger partial charge in [0.25, 0.3) is 5.56 Å². The lowest BCUT2D eigenvalue weighted by molar-refractivity contribution is -0.121. The molecule has 2 rings (SSSR count). The van der Waals surface area contributed by atoms with E-state index < -0.39 is 5.69 Å². The van der Waals surface area contributed by atoms with Crippen LogP contribution in [0.15, 0.2) is 27.8 Å². The van der Waals surface area contributed by atoms with Crippen molar-refractivity contribution in [3.63, 3.8) is 0 Å². The van der Waals surface area contributed by atoms with Crippen molar-refractivity contribution in [1.82, 2.24) is 14.5 Å². The largest absolute Gasteiger partial charge is 0.383 e. The fraction of sp³-hybridized carbons (Fsp3) is 0.400.